The molecule has 0 radical (unpaired) electrons. The molecule has 0 spiro atoms. The Bertz CT molecular complexity index is 1260. The van der Waals surface area contributed by atoms with Gasteiger partial charge in [0.05, 0.1) is 24.8 Å². The quantitative estimate of drug-likeness (QED) is 0.430. The predicted molar refractivity (Wildman–Crippen MR) is 151 cm³/mol. The van der Waals surface area contributed by atoms with Gasteiger partial charge >= 0.3 is 6.09 Å². The maximum Gasteiger partial charge on any atom is 0.409 e. The van der Waals surface area contributed by atoms with Gasteiger partial charge in [0.15, 0.2) is 6.61 Å². The van der Waals surface area contributed by atoms with Gasteiger partial charge < -0.3 is 34.2 Å². The van der Waals surface area contributed by atoms with Gasteiger partial charge in [-0.25, -0.2) is 9.78 Å². The number of nitrogens with zero attached hydrogens (tertiary/aromatic N) is 4. The summed E-state index contributed by atoms with van der Waals surface area (Å²) in [6, 6.07) is 7.09. The average Bonchev–Trinajstić information content (AvgIpc) is 3.48. The largest absolute Gasteiger partial charge is 0.483 e. The number of piperazine rings is 1. The van der Waals surface area contributed by atoms with Crippen molar-refractivity contribution in [3.05, 3.63) is 35.5 Å². The van der Waals surface area contributed by atoms with Crippen LogP contribution in [0.1, 0.15) is 42.2 Å². The Kier molecular flexibility index (Phi) is 10.3. The molecular weight excluding hydrogens is 530 g/mol. The molecule has 0 bridgehead atoms. The molecule has 4 rings (SSSR count). The Morgan fingerprint density at radius 1 is 1.00 bits per heavy atom. The fraction of sp³-hybridized carbons (Fsp3) is 0.552. The number of fused-ring (bicyclic) bond motifs is 1. The number of unbranched alkanes of at least 4 members (excludes halogenated alkanes) is 1. The van der Waals surface area contributed by atoms with Crippen molar-refractivity contribution in [1.29, 1.82) is 0 Å². The van der Waals surface area contributed by atoms with Crippen LogP contribution in [-0.4, -0.2) is 116 Å². The summed E-state index contributed by atoms with van der Waals surface area (Å²) in [5.41, 5.74) is 1.59. The number of methoxy groups -OCH3 is 1. The van der Waals surface area contributed by atoms with Crippen molar-refractivity contribution in [3.63, 3.8) is 0 Å². The molecule has 2 aliphatic rings. The standard InChI is InChI=1S/C29H39N5O7/c1-4-5-14-40-29(38)33-12-10-32(11-13-33)26(35)17-30-28(37)24-16-25(22-7-6-20(2)15-23(22)31-24)41-19-27(36)34-9-8-21(18-34)39-3/h6-7,15-16,21H,4-5,8-14,17-19H2,1-3H3,(H,30,37). The lowest BCUT2D eigenvalue weighted by Gasteiger charge is -2.34. The Labute approximate surface area is 239 Å². The monoisotopic (exact) mass is 569 g/mol. The van der Waals surface area contributed by atoms with Gasteiger partial charge in [0.2, 0.25) is 5.91 Å². The van der Waals surface area contributed by atoms with Gasteiger partial charge in [0.25, 0.3) is 11.8 Å². The van der Waals surface area contributed by atoms with E-state index in [4.69, 9.17) is 14.2 Å². The molecule has 1 aromatic carbocycles. The van der Waals surface area contributed by atoms with E-state index >= 15 is 0 Å². The second-order valence-electron chi connectivity index (χ2n) is 10.3. The normalized spacial score (nSPS) is 17.0. The summed E-state index contributed by atoms with van der Waals surface area (Å²) >= 11 is 0. The van der Waals surface area contributed by atoms with Crippen LogP contribution in [-0.2, 0) is 19.1 Å². The molecule has 1 atom stereocenters. The zero-order valence-electron chi connectivity index (χ0n) is 24.0. The fourth-order valence-electron chi connectivity index (χ4n) is 4.81. The second kappa shape index (κ2) is 14.1. The third-order valence-electron chi connectivity index (χ3n) is 7.36. The number of rotatable bonds is 10. The zero-order chi connectivity index (χ0) is 29.4. The number of carbonyl (C=O) groups excluding carboxylic acids is 4. The van der Waals surface area contributed by atoms with Gasteiger partial charge in [0.1, 0.15) is 11.4 Å². The Morgan fingerprint density at radius 2 is 1.76 bits per heavy atom. The van der Waals surface area contributed by atoms with Crippen molar-refractivity contribution in [2.75, 3.05) is 66.1 Å². The molecular formula is C29H39N5O7. The van der Waals surface area contributed by atoms with Crippen LogP contribution in [0.2, 0.25) is 0 Å². The highest BCUT2D eigenvalue weighted by atomic mass is 16.6. The van der Waals surface area contributed by atoms with E-state index in [0.717, 1.165) is 24.8 Å². The van der Waals surface area contributed by atoms with Crippen molar-refractivity contribution in [3.8, 4) is 5.75 Å². The van der Waals surface area contributed by atoms with E-state index in [0.29, 0.717) is 62.5 Å². The molecule has 3 heterocycles. The third-order valence-corrected chi connectivity index (χ3v) is 7.36. The number of likely N-dealkylation sites (tertiary alicyclic amines) is 1. The van der Waals surface area contributed by atoms with Crippen molar-refractivity contribution >= 4 is 34.7 Å². The number of hydrogen-bond donors (Lipinski definition) is 1. The molecule has 12 heteroatoms. The number of hydrogen-bond acceptors (Lipinski definition) is 8. The molecule has 2 aromatic rings. The minimum Gasteiger partial charge on any atom is -0.483 e. The molecule has 12 nitrogen and oxygen atoms in total. The molecule has 0 saturated carbocycles. The summed E-state index contributed by atoms with van der Waals surface area (Å²) in [6.07, 6.45) is 2.20. The minimum absolute atomic E-state index is 0.0256. The van der Waals surface area contributed by atoms with Gasteiger partial charge in [-0.15, -0.1) is 0 Å². The molecule has 41 heavy (non-hydrogen) atoms. The molecule has 1 unspecified atom stereocenters. The first-order valence-electron chi connectivity index (χ1n) is 14.1. The van der Waals surface area contributed by atoms with Gasteiger partial charge in [0, 0.05) is 57.8 Å². The number of carbonyl (C=O) groups is 4. The number of benzene rings is 1. The van der Waals surface area contributed by atoms with E-state index in [1.54, 1.807) is 21.8 Å². The summed E-state index contributed by atoms with van der Waals surface area (Å²) < 4.78 is 16.5. The summed E-state index contributed by atoms with van der Waals surface area (Å²) in [7, 11) is 1.63. The highest BCUT2D eigenvalue weighted by Crippen LogP contribution is 2.27. The Morgan fingerprint density at radius 3 is 2.46 bits per heavy atom. The molecule has 2 aliphatic heterocycles. The number of aromatic nitrogens is 1. The molecule has 222 valence electrons. The van der Waals surface area contributed by atoms with Crippen molar-refractivity contribution < 1.29 is 33.4 Å². The van der Waals surface area contributed by atoms with Crippen LogP contribution in [0.5, 0.6) is 5.75 Å². The SMILES string of the molecule is CCCCOC(=O)N1CCN(C(=O)CNC(=O)c2cc(OCC(=O)N3CCC(OC)C3)c3ccc(C)cc3n2)CC1. The number of aryl methyl sites for hydroxylation is 1. The van der Waals surface area contributed by atoms with Gasteiger partial charge in [-0.3, -0.25) is 14.4 Å². The zero-order valence-corrected chi connectivity index (χ0v) is 24.0. The molecule has 2 fully saturated rings. The minimum atomic E-state index is -0.529. The third kappa shape index (κ3) is 7.84. The second-order valence-corrected chi connectivity index (χ2v) is 10.3. The van der Waals surface area contributed by atoms with E-state index in [-0.39, 0.29) is 42.9 Å². The van der Waals surface area contributed by atoms with E-state index < -0.39 is 5.91 Å². The molecule has 0 aliphatic carbocycles. The van der Waals surface area contributed by atoms with Gasteiger partial charge in [-0.05, 0) is 37.5 Å². The van der Waals surface area contributed by atoms with Crippen LogP contribution in [0.4, 0.5) is 4.79 Å². The molecule has 1 N–H and O–H groups in total. The van der Waals surface area contributed by atoms with Gasteiger partial charge in [-0.2, -0.15) is 0 Å². The Hall–Kier alpha value is -3.93. The van der Waals surface area contributed by atoms with E-state index in [2.05, 4.69) is 10.3 Å². The Balaban J connectivity index is 1.34. The first-order chi connectivity index (χ1) is 19.8. The van der Waals surface area contributed by atoms with Crippen LogP contribution < -0.4 is 10.1 Å². The average molecular weight is 570 g/mol. The number of pyridine rings is 1. The first kappa shape index (κ1) is 30.0. The number of ether oxygens (including phenoxy) is 3. The highest BCUT2D eigenvalue weighted by Gasteiger charge is 2.27. The molecule has 4 amide bonds. The maximum atomic E-state index is 13.0. The number of nitrogens with one attached hydrogen (secondary N) is 1. The summed E-state index contributed by atoms with van der Waals surface area (Å²) in [6.45, 7) is 6.54. The van der Waals surface area contributed by atoms with Crippen molar-refractivity contribution in [2.24, 2.45) is 0 Å². The summed E-state index contributed by atoms with van der Waals surface area (Å²) in [5, 5.41) is 3.33. The number of amides is 4. The fourth-order valence-corrected chi connectivity index (χ4v) is 4.81. The van der Waals surface area contributed by atoms with Crippen LogP contribution in [0.25, 0.3) is 10.9 Å². The lowest BCUT2D eigenvalue weighted by atomic mass is 10.1. The van der Waals surface area contributed by atoms with Crippen LogP contribution in [0.15, 0.2) is 24.3 Å². The van der Waals surface area contributed by atoms with Crippen molar-refractivity contribution in [2.45, 2.75) is 39.2 Å². The topological polar surface area (TPSA) is 131 Å². The van der Waals surface area contributed by atoms with Gasteiger partial charge in [-0.1, -0.05) is 19.4 Å². The lowest BCUT2D eigenvalue weighted by molar-refractivity contribution is -0.133. The molecule has 1 aromatic heterocycles. The summed E-state index contributed by atoms with van der Waals surface area (Å²) in [5.74, 6) is -0.577. The lowest BCUT2D eigenvalue weighted by Crippen LogP contribution is -2.52. The smallest absolute Gasteiger partial charge is 0.409 e. The van der Waals surface area contributed by atoms with E-state index in [9.17, 15) is 19.2 Å². The van der Waals surface area contributed by atoms with E-state index in [1.807, 2.05) is 32.0 Å². The maximum absolute atomic E-state index is 13.0. The van der Waals surface area contributed by atoms with E-state index in [1.165, 1.54) is 6.07 Å². The van der Waals surface area contributed by atoms with Crippen molar-refractivity contribution in [1.82, 2.24) is 25.0 Å². The van der Waals surface area contributed by atoms with Crippen LogP contribution in [0.3, 0.4) is 0 Å². The highest BCUT2D eigenvalue weighted by molar-refractivity contribution is 5.98. The van der Waals surface area contributed by atoms with Crippen LogP contribution in [0, 0.1) is 6.92 Å². The van der Waals surface area contributed by atoms with Crippen LogP contribution >= 0.6 is 0 Å². The summed E-state index contributed by atoms with van der Waals surface area (Å²) in [4.78, 5) is 60.1. The predicted octanol–water partition coefficient (Wildman–Crippen LogP) is 1.98. The molecule has 2 saturated heterocycles. The first-order valence-corrected chi connectivity index (χ1v) is 14.1.